The van der Waals surface area contributed by atoms with Crippen LogP contribution in [0.2, 0.25) is 0 Å². The molecule has 1 atom stereocenters. The van der Waals surface area contributed by atoms with Crippen molar-refractivity contribution in [3.05, 3.63) is 59.9 Å². The fraction of sp³-hybridized carbons (Fsp3) is 0.300. The molecule has 0 radical (unpaired) electrons. The summed E-state index contributed by atoms with van der Waals surface area (Å²) in [4.78, 5) is 20.5. The van der Waals surface area contributed by atoms with E-state index >= 15 is 0 Å². The fourth-order valence-electron chi connectivity index (χ4n) is 2.28. The summed E-state index contributed by atoms with van der Waals surface area (Å²) in [6.45, 7) is 0.805. The lowest BCUT2D eigenvalue weighted by Gasteiger charge is -2.21. The van der Waals surface area contributed by atoms with E-state index in [1.54, 1.807) is 36.4 Å². The maximum Gasteiger partial charge on any atom is 0.414 e. The lowest BCUT2D eigenvalue weighted by Crippen LogP contribution is -2.19. The van der Waals surface area contributed by atoms with Gasteiger partial charge in [0.15, 0.2) is 9.84 Å². The highest BCUT2D eigenvalue weighted by Gasteiger charge is 2.16. The normalized spacial score (nSPS) is 11.9. The first kappa shape index (κ1) is 25.1. The van der Waals surface area contributed by atoms with Gasteiger partial charge in [-0.25, -0.2) is 22.4 Å². The molecule has 0 spiro atoms. The highest BCUT2D eigenvalue weighted by molar-refractivity contribution is 7.90. The Morgan fingerprint density at radius 1 is 1.00 bits per heavy atom. The Labute approximate surface area is 174 Å². The molecule has 1 unspecified atom stereocenters. The standard InChI is InChI=1S/C18H22FNO3S.C2H2O4/c1-20(2)13-12-18(23-16-8-6-15(19)7-9-16)14-4-10-17(11-5-14)24(3,21)22;3-1(4)2(5)6/h4-11,18H,12-13H2,1-3H3;(H,3,4)(H,5,6). The van der Waals surface area contributed by atoms with Crippen molar-refractivity contribution in [3.63, 3.8) is 0 Å². The Balaban J connectivity index is 0.000000656. The van der Waals surface area contributed by atoms with Crippen LogP contribution in [-0.2, 0) is 19.4 Å². The Bertz CT molecular complexity index is 930. The first-order chi connectivity index (χ1) is 13.9. The van der Waals surface area contributed by atoms with Crippen molar-refractivity contribution < 1.29 is 37.3 Å². The van der Waals surface area contributed by atoms with E-state index in [1.165, 1.54) is 18.4 Å². The molecule has 0 fully saturated rings. The molecular weight excluding hydrogens is 417 g/mol. The number of carboxylic acid groups (broad SMARTS) is 2. The fourth-order valence-corrected chi connectivity index (χ4v) is 2.91. The van der Waals surface area contributed by atoms with Crippen LogP contribution in [0.25, 0.3) is 0 Å². The molecule has 0 saturated heterocycles. The minimum Gasteiger partial charge on any atom is -0.486 e. The zero-order chi connectivity index (χ0) is 22.9. The van der Waals surface area contributed by atoms with Gasteiger partial charge in [0.1, 0.15) is 17.7 Å². The van der Waals surface area contributed by atoms with E-state index in [9.17, 15) is 12.8 Å². The number of carbonyl (C=O) groups is 2. The summed E-state index contributed by atoms with van der Waals surface area (Å²) in [6.07, 6.45) is 1.66. The van der Waals surface area contributed by atoms with Gasteiger partial charge in [0, 0.05) is 19.2 Å². The van der Waals surface area contributed by atoms with Gasteiger partial charge >= 0.3 is 11.9 Å². The van der Waals surface area contributed by atoms with Crippen molar-refractivity contribution in [2.75, 3.05) is 26.9 Å². The van der Waals surface area contributed by atoms with Crippen LogP contribution in [0.5, 0.6) is 5.75 Å². The van der Waals surface area contributed by atoms with Crippen molar-refractivity contribution >= 4 is 21.8 Å². The molecule has 2 N–H and O–H groups in total. The van der Waals surface area contributed by atoms with Gasteiger partial charge in [-0.3, -0.25) is 0 Å². The largest absolute Gasteiger partial charge is 0.486 e. The quantitative estimate of drug-likeness (QED) is 0.629. The molecule has 0 aliphatic heterocycles. The smallest absolute Gasteiger partial charge is 0.414 e. The highest BCUT2D eigenvalue weighted by Crippen LogP contribution is 2.26. The summed E-state index contributed by atoms with van der Waals surface area (Å²) in [5, 5.41) is 14.8. The SMILES string of the molecule is CN(C)CCC(Oc1ccc(F)cc1)c1ccc(S(C)(=O)=O)cc1.O=C(O)C(=O)O. The molecule has 2 aromatic rings. The molecule has 0 amide bonds. The van der Waals surface area contributed by atoms with Gasteiger partial charge in [0.25, 0.3) is 0 Å². The molecule has 8 nitrogen and oxygen atoms in total. The second-order valence-corrected chi connectivity index (χ2v) is 8.62. The number of sulfone groups is 1. The van der Waals surface area contributed by atoms with Crippen molar-refractivity contribution in [1.29, 1.82) is 0 Å². The Hall–Kier alpha value is -2.98. The summed E-state index contributed by atoms with van der Waals surface area (Å²) in [5.41, 5.74) is 0.883. The first-order valence-corrected chi connectivity index (χ1v) is 10.6. The van der Waals surface area contributed by atoms with Gasteiger partial charge in [-0.05, 0) is 56.1 Å². The second-order valence-electron chi connectivity index (χ2n) is 6.60. The molecule has 2 rings (SSSR count). The number of carboxylic acids is 2. The average molecular weight is 441 g/mol. The summed E-state index contributed by atoms with van der Waals surface area (Å²) in [7, 11) is 0.722. The van der Waals surface area contributed by atoms with E-state index < -0.39 is 21.8 Å². The molecule has 0 bridgehead atoms. The van der Waals surface area contributed by atoms with Crippen LogP contribution in [0.3, 0.4) is 0 Å². The maximum absolute atomic E-state index is 13.0. The number of benzene rings is 2. The van der Waals surface area contributed by atoms with E-state index in [0.29, 0.717) is 5.75 Å². The molecule has 30 heavy (non-hydrogen) atoms. The van der Waals surface area contributed by atoms with Gasteiger partial charge in [-0.1, -0.05) is 12.1 Å². The summed E-state index contributed by atoms with van der Waals surface area (Å²) < 4.78 is 42.2. The average Bonchev–Trinajstić information content (AvgIpc) is 2.66. The van der Waals surface area contributed by atoms with Gasteiger partial charge in [-0.15, -0.1) is 0 Å². The van der Waals surface area contributed by atoms with Gasteiger partial charge in [0.05, 0.1) is 4.90 Å². The van der Waals surface area contributed by atoms with Crippen LogP contribution >= 0.6 is 0 Å². The zero-order valence-electron chi connectivity index (χ0n) is 16.8. The van der Waals surface area contributed by atoms with E-state index in [1.807, 2.05) is 19.0 Å². The molecule has 0 saturated carbocycles. The zero-order valence-corrected chi connectivity index (χ0v) is 17.6. The molecule has 0 aliphatic carbocycles. The lowest BCUT2D eigenvalue weighted by molar-refractivity contribution is -0.159. The summed E-state index contributed by atoms with van der Waals surface area (Å²) in [5.74, 6) is -3.39. The van der Waals surface area contributed by atoms with Crippen LogP contribution in [0, 0.1) is 5.82 Å². The molecule has 164 valence electrons. The predicted octanol–water partition coefficient (Wildman–Crippen LogP) is 2.46. The van der Waals surface area contributed by atoms with Crippen LogP contribution < -0.4 is 4.74 Å². The van der Waals surface area contributed by atoms with E-state index in [0.717, 1.165) is 18.5 Å². The first-order valence-electron chi connectivity index (χ1n) is 8.73. The monoisotopic (exact) mass is 441 g/mol. The highest BCUT2D eigenvalue weighted by atomic mass is 32.2. The predicted molar refractivity (Wildman–Crippen MR) is 108 cm³/mol. The summed E-state index contributed by atoms with van der Waals surface area (Å²) >= 11 is 0. The molecule has 0 aliphatic rings. The minimum atomic E-state index is -3.23. The van der Waals surface area contributed by atoms with E-state index in [2.05, 4.69) is 0 Å². The third-order valence-corrected chi connectivity index (χ3v) is 4.92. The van der Waals surface area contributed by atoms with Crippen LogP contribution in [0.1, 0.15) is 18.1 Å². The number of hydrogen-bond donors (Lipinski definition) is 2. The van der Waals surface area contributed by atoms with Crippen molar-refractivity contribution in [2.45, 2.75) is 17.4 Å². The number of rotatable bonds is 7. The Morgan fingerprint density at radius 2 is 1.50 bits per heavy atom. The van der Waals surface area contributed by atoms with Gasteiger partial charge in [-0.2, -0.15) is 0 Å². The second kappa shape index (κ2) is 11.3. The van der Waals surface area contributed by atoms with Crippen LogP contribution in [-0.4, -0.2) is 62.4 Å². The molecule has 10 heteroatoms. The Morgan fingerprint density at radius 3 is 1.90 bits per heavy atom. The third kappa shape index (κ3) is 9.01. The van der Waals surface area contributed by atoms with Crippen molar-refractivity contribution in [1.82, 2.24) is 4.90 Å². The van der Waals surface area contributed by atoms with E-state index in [4.69, 9.17) is 24.5 Å². The molecule has 2 aromatic carbocycles. The van der Waals surface area contributed by atoms with Crippen LogP contribution in [0.15, 0.2) is 53.4 Å². The topological polar surface area (TPSA) is 121 Å². The number of halogens is 1. The summed E-state index contributed by atoms with van der Waals surface area (Å²) in [6, 6.07) is 12.6. The van der Waals surface area contributed by atoms with Gasteiger partial charge < -0.3 is 19.8 Å². The molecular formula is C20H24FNO7S. The number of nitrogens with zero attached hydrogens (tertiary/aromatic N) is 1. The van der Waals surface area contributed by atoms with Crippen LogP contribution in [0.4, 0.5) is 4.39 Å². The molecule has 0 aromatic heterocycles. The van der Waals surface area contributed by atoms with Gasteiger partial charge in [0.2, 0.25) is 0 Å². The van der Waals surface area contributed by atoms with Crippen molar-refractivity contribution in [3.8, 4) is 5.75 Å². The Kier molecular flexibility index (Phi) is 9.41. The third-order valence-electron chi connectivity index (χ3n) is 3.79. The molecule has 0 heterocycles. The number of hydrogen-bond acceptors (Lipinski definition) is 6. The maximum atomic E-state index is 13.0. The van der Waals surface area contributed by atoms with Crippen molar-refractivity contribution in [2.24, 2.45) is 0 Å². The number of aliphatic carboxylic acids is 2. The number of ether oxygens (including phenoxy) is 1. The lowest BCUT2D eigenvalue weighted by atomic mass is 10.1. The van der Waals surface area contributed by atoms with E-state index in [-0.39, 0.29) is 16.8 Å². The minimum absolute atomic E-state index is 0.244.